The molecule has 0 unspecified atom stereocenters. The highest BCUT2D eigenvalue weighted by Gasteiger charge is 2.54. The number of carbonyl (C=O) groups is 2. The highest BCUT2D eigenvalue weighted by Crippen LogP contribution is 2.41. The molecule has 2 saturated heterocycles. The molecular formula is C18H24N2O4. The molecule has 2 amide bonds. The normalized spacial score (nSPS) is 26.2. The second-order valence-corrected chi connectivity index (χ2v) is 7.02. The first-order chi connectivity index (χ1) is 11.7. The van der Waals surface area contributed by atoms with Crippen LogP contribution in [0.2, 0.25) is 0 Å². The van der Waals surface area contributed by atoms with Crippen LogP contribution >= 0.6 is 0 Å². The smallest absolute Gasteiger partial charge is 0.292 e. The largest absolute Gasteiger partial charge is 0.459 e. The predicted molar refractivity (Wildman–Crippen MR) is 86.2 cm³/mol. The van der Waals surface area contributed by atoms with Crippen molar-refractivity contribution in [3.05, 3.63) is 24.2 Å². The number of ether oxygens (including phenoxy) is 1. The zero-order chi connectivity index (χ0) is 16.6. The summed E-state index contributed by atoms with van der Waals surface area (Å²) in [6, 6.07) is 2.84. The van der Waals surface area contributed by atoms with E-state index in [0.717, 1.165) is 58.0 Å². The highest BCUT2D eigenvalue weighted by molar-refractivity contribution is 5.96. The van der Waals surface area contributed by atoms with Crippen molar-refractivity contribution in [3.63, 3.8) is 0 Å². The summed E-state index contributed by atoms with van der Waals surface area (Å²) in [4.78, 5) is 29.6. The molecule has 1 aliphatic carbocycles. The summed E-state index contributed by atoms with van der Waals surface area (Å²) >= 11 is 0. The fourth-order valence-corrected chi connectivity index (χ4v) is 4.33. The van der Waals surface area contributed by atoms with E-state index in [1.807, 2.05) is 4.90 Å². The van der Waals surface area contributed by atoms with Gasteiger partial charge in [-0.3, -0.25) is 14.5 Å². The van der Waals surface area contributed by atoms with Gasteiger partial charge in [0.05, 0.1) is 12.9 Å². The molecule has 1 aromatic heterocycles. The van der Waals surface area contributed by atoms with E-state index in [4.69, 9.17) is 9.15 Å². The number of hydrogen-bond acceptors (Lipinski definition) is 4. The molecule has 3 heterocycles. The Labute approximate surface area is 141 Å². The van der Waals surface area contributed by atoms with Crippen molar-refractivity contribution in [3.8, 4) is 0 Å². The fraction of sp³-hybridized carbons (Fsp3) is 0.667. The minimum atomic E-state index is -0.637. The highest BCUT2D eigenvalue weighted by atomic mass is 16.5. The molecular weight excluding hydrogens is 308 g/mol. The molecule has 0 radical (unpaired) electrons. The maximum atomic E-state index is 13.1. The van der Waals surface area contributed by atoms with E-state index in [-0.39, 0.29) is 17.6 Å². The van der Waals surface area contributed by atoms with Gasteiger partial charge in [-0.25, -0.2) is 0 Å². The predicted octanol–water partition coefficient (Wildman–Crippen LogP) is 2.40. The van der Waals surface area contributed by atoms with Crippen molar-refractivity contribution in [2.45, 2.75) is 56.7 Å². The summed E-state index contributed by atoms with van der Waals surface area (Å²) in [6.45, 7) is 1.86. The van der Waals surface area contributed by atoms with E-state index in [0.29, 0.717) is 6.61 Å². The van der Waals surface area contributed by atoms with Crippen molar-refractivity contribution in [1.82, 2.24) is 9.80 Å². The number of carbonyl (C=O) groups excluding carboxylic acids is 2. The van der Waals surface area contributed by atoms with Crippen LogP contribution in [0, 0.1) is 0 Å². The number of nitrogens with zero attached hydrogens (tertiary/aromatic N) is 2. The standard InChI is InChI=1S/C18H24N2O4/c21-16(19-10-4-5-11-19)14-13-24-18(8-2-1-3-9-18)20(14)17(22)15-7-6-12-23-15/h6-7,12,14H,1-5,8-11,13H2/t14-/m0/s1. The van der Waals surface area contributed by atoms with Gasteiger partial charge in [0.15, 0.2) is 5.76 Å². The lowest BCUT2D eigenvalue weighted by Gasteiger charge is -2.41. The molecule has 24 heavy (non-hydrogen) atoms. The number of amides is 2. The summed E-state index contributed by atoms with van der Waals surface area (Å²) in [5, 5.41) is 0. The first-order valence-corrected chi connectivity index (χ1v) is 9.01. The minimum Gasteiger partial charge on any atom is -0.459 e. The van der Waals surface area contributed by atoms with Crippen LogP contribution in [0.1, 0.15) is 55.5 Å². The zero-order valence-corrected chi connectivity index (χ0v) is 13.9. The van der Waals surface area contributed by atoms with Crippen LogP contribution in [0.5, 0.6) is 0 Å². The molecule has 6 nitrogen and oxygen atoms in total. The Morgan fingerprint density at radius 3 is 2.50 bits per heavy atom. The Bertz CT molecular complexity index is 601. The van der Waals surface area contributed by atoms with Gasteiger partial charge in [-0.1, -0.05) is 6.42 Å². The molecule has 3 aliphatic rings. The lowest BCUT2D eigenvalue weighted by atomic mass is 9.90. The lowest BCUT2D eigenvalue weighted by Crippen LogP contribution is -2.56. The summed E-state index contributed by atoms with van der Waals surface area (Å²) < 4.78 is 11.4. The molecule has 1 saturated carbocycles. The quantitative estimate of drug-likeness (QED) is 0.834. The molecule has 0 bridgehead atoms. The van der Waals surface area contributed by atoms with E-state index in [9.17, 15) is 9.59 Å². The van der Waals surface area contributed by atoms with Crippen molar-refractivity contribution in [1.29, 1.82) is 0 Å². The first kappa shape index (κ1) is 15.7. The van der Waals surface area contributed by atoms with Crippen molar-refractivity contribution < 1.29 is 18.7 Å². The topological polar surface area (TPSA) is 63.0 Å². The first-order valence-electron chi connectivity index (χ1n) is 9.01. The molecule has 0 aromatic carbocycles. The van der Waals surface area contributed by atoms with Crippen LogP contribution in [0.15, 0.2) is 22.8 Å². The van der Waals surface area contributed by atoms with Gasteiger partial charge in [-0.05, 0) is 50.7 Å². The molecule has 6 heteroatoms. The lowest BCUT2D eigenvalue weighted by molar-refractivity contribution is -0.136. The van der Waals surface area contributed by atoms with Crippen LogP contribution in [-0.2, 0) is 9.53 Å². The molecule has 2 aliphatic heterocycles. The van der Waals surface area contributed by atoms with Crippen LogP contribution in [0.4, 0.5) is 0 Å². The fourth-order valence-electron chi connectivity index (χ4n) is 4.33. The summed E-state index contributed by atoms with van der Waals surface area (Å²) in [7, 11) is 0. The Balaban J connectivity index is 1.65. The van der Waals surface area contributed by atoms with E-state index >= 15 is 0 Å². The number of hydrogen-bond donors (Lipinski definition) is 0. The second kappa shape index (κ2) is 6.24. The molecule has 3 fully saturated rings. The zero-order valence-electron chi connectivity index (χ0n) is 13.9. The van der Waals surface area contributed by atoms with Gasteiger partial charge >= 0.3 is 0 Å². The molecule has 1 aromatic rings. The van der Waals surface area contributed by atoms with Crippen LogP contribution < -0.4 is 0 Å². The molecule has 1 atom stereocenters. The van der Waals surface area contributed by atoms with Crippen LogP contribution in [0.3, 0.4) is 0 Å². The van der Waals surface area contributed by atoms with Gasteiger partial charge in [0.1, 0.15) is 11.8 Å². The maximum Gasteiger partial charge on any atom is 0.292 e. The van der Waals surface area contributed by atoms with Crippen molar-refractivity contribution in [2.24, 2.45) is 0 Å². The Morgan fingerprint density at radius 1 is 1.08 bits per heavy atom. The van der Waals surface area contributed by atoms with Gasteiger partial charge in [-0.15, -0.1) is 0 Å². The van der Waals surface area contributed by atoms with E-state index in [1.165, 1.54) is 6.26 Å². The molecule has 4 rings (SSSR count). The van der Waals surface area contributed by atoms with Gasteiger partial charge in [0.25, 0.3) is 5.91 Å². The maximum absolute atomic E-state index is 13.1. The SMILES string of the molecule is O=C([C@@H]1COC2(CCCCC2)N1C(=O)c1ccco1)N1CCCC1. The molecule has 0 N–H and O–H groups in total. The van der Waals surface area contributed by atoms with Crippen LogP contribution in [-0.4, -0.2) is 53.1 Å². The van der Waals surface area contributed by atoms with Gasteiger partial charge in [-0.2, -0.15) is 0 Å². The summed E-state index contributed by atoms with van der Waals surface area (Å²) in [6.07, 6.45) is 8.35. The number of rotatable bonds is 2. The third kappa shape index (κ3) is 2.53. The average Bonchev–Trinajstić information content (AvgIpc) is 3.36. The molecule has 130 valence electrons. The van der Waals surface area contributed by atoms with Gasteiger partial charge in [0.2, 0.25) is 5.91 Å². The Kier molecular flexibility index (Phi) is 4.08. The van der Waals surface area contributed by atoms with E-state index in [2.05, 4.69) is 0 Å². The monoisotopic (exact) mass is 332 g/mol. The average molecular weight is 332 g/mol. The third-order valence-corrected chi connectivity index (χ3v) is 5.55. The van der Waals surface area contributed by atoms with Crippen molar-refractivity contribution >= 4 is 11.8 Å². The Morgan fingerprint density at radius 2 is 1.83 bits per heavy atom. The minimum absolute atomic E-state index is 0.0230. The summed E-state index contributed by atoms with van der Waals surface area (Å²) in [5.41, 5.74) is -0.637. The second-order valence-electron chi connectivity index (χ2n) is 7.02. The van der Waals surface area contributed by atoms with E-state index in [1.54, 1.807) is 17.0 Å². The van der Waals surface area contributed by atoms with Crippen LogP contribution in [0.25, 0.3) is 0 Å². The van der Waals surface area contributed by atoms with E-state index < -0.39 is 11.8 Å². The summed E-state index contributed by atoms with van der Waals surface area (Å²) in [5.74, 6) is 0.0801. The third-order valence-electron chi connectivity index (χ3n) is 5.55. The molecule has 1 spiro atoms. The number of furan rings is 1. The van der Waals surface area contributed by atoms with Gasteiger partial charge in [0, 0.05) is 13.1 Å². The van der Waals surface area contributed by atoms with Crippen molar-refractivity contribution in [2.75, 3.05) is 19.7 Å². The number of likely N-dealkylation sites (tertiary alicyclic amines) is 1. The van der Waals surface area contributed by atoms with Gasteiger partial charge < -0.3 is 14.1 Å². The Hall–Kier alpha value is -1.82.